The van der Waals surface area contributed by atoms with Gasteiger partial charge in [0, 0.05) is 18.3 Å². The van der Waals surface area contributed by atoms with Crippen LogP contribution < -0.4 is 10.9 Å². The van der Waals surface area contributed by atoms with Gasteiger partial charge in [0.2, 0.25) is 0 Å². The van der Waals surface area contributed by atoms with E-state index in [2.05, 4.69) is 25.2 Å². The van der Waals surface area contributed by atoms with Crippen LogP contribution in [0.4, 0.5) is 0 Å². The maximum atomic E-state index is 11.8. The molecule has 1 aromatic heterocycles. The van der Waals surface area contributed by atoms with E-state index in [1.807, 2.05) is 17.7 Å². The molecule has 3 heteroatoms. The SMILES string of the molecule is CNCCCc1cccc(=O)n1CC(C)C. The van der Waals surface area contributed by atoms with E-state index in [-0.39, 0.29) is 5.56 Å². The molecule has 0 fully saturated rings. The Morgan fingerprint density at radius 3 is 2.75 bits per heavy atom. The fourth-order valence-corrected chi connectivity index (χ4v) is 1.80. The quantitative estimate of drug-likeness (QED) is 0.743. The molecule has 0 amide bonds. The molecule has 1 N–H and O–H groups in total. The molecule has 0 unspecified atom stereocenters. The summed E-state index contributed by atoms with van der Waals surface area (Å²) in [5.74, 6) is 0.503. The largest absolute Gasteiger partial charge is 0.320 e. The molecule has 0 aromatic carbocycles. The molecule has 0 aliphatic rings. The highest BCUT2D eigenvalue weighted by Gasteiger charge is 2.04. The molecule has 1 aromatic rings. The Morgan fingerprint density at radius 2 is 2.12 bits per heavy atom. The van der Waals surface area contributed by atoms with Crippen LogP contribution in [0.15, 0.2) is 23.0 Å². The van der Waals surface area contributed by atoms with Crippen molar-refractivity contribution in [3.8, 4) is 0 Å². The molecule has 0 saturated heterocycles. The number of hydrogen-bond donors (Lipinski definition) is 1. The topological polar surface area (TPSA) is 34.0 Å². The van der Waals surface area contributed by atoms with Gasteiger partial charge in [0.05, 0.1) is 0 Å². The Bertz CT molecular complexity index is 368. The van der Waals surface area contributed by atoms with E-state index < -0.39 is 0 Å². The first-order valence-corrected chi connectivity index (χ1v) is 5.98. The normalized spacial score (nSPS) is 11.0. The fourth-order valence-electron chi connectivity index (χ4n) is 1.80. The van der Waals surface area contributed by atoms with E-state index in [9.17, 15) is 4.79 Å². The summed E-state index contributed by atoms with van der Waals surface area (Å²) in [6.45, 7) is 6.08. The van der Waals surface area contributed by atoms with Crippen molar-refractivity contribution in [1.29, 1.82) is 0 Å². The molecule has 3 nitrogen and oxygen atoms in total. The van der Waals surface area contributed by atoms with Gasteiger partial charge in [-0.3, -0.25) is 4.79 Å². The molecule has 0 radical (unpaired) electrons. The van der Waals surface area contributed by atoms with Crippen molar-refractivity contribution < 1.29 is 0 Å². The molecule has 90 valence electrons. The molecule has 1 heterocycles. The van der Waals surface area contributed by atoms with Crippen molar-refractivity contribution in [2.45, 2.75) is 33.2 Å². The van der Waals surface area contributed by atoms with Crippen molar-refractivity contribution in [2.24, 2.45) is 5.92 Å². The molecule has 0 aliphatic carbocycles. The smallest absolute Gasteiger partial charge is 0.250 e. The first kappa shape index (κ1) is 13.0. The Labute approximate surface area is 97.5 Å². The van der Waals surface area contributed by atoms with Crippen LogP contribution in [0.1, 0.15) is 26.0 Å². The third kappa shape index (κ3) is 3.81. The summed E-state index contributed by atoms with van der Waals surface area (Å²) >= 11 is 0. The maximum absolute atomic E-state index is 11.8. The molecule has 16 heavy (non-hydrogen) atoms. The van der Waals surface area contributed by atoms with Gasteiger partial charge in [-0.1, -0.05) is 19.9 Å². The average Bonchev–Trinajstić information content (AvgIpc) is 2.23. The lowest BCUT2D eigenvalue weighted by Gasteiger charge is -2.14. The summed E-state index contributed by atoms with van der Waals surface area (Å²) in [7, 11) is 1.95. The van der Waals surface area contributed by atoms with Crippen LogP contribution in [0.5, 0.6) is 0 Å². The van der Waals surface area contributed by atoms with Gasteiger partial charge in [-0.25, -0.2) is 0 Å². The first-order valence-electron chi connectivity index (χ1n) is 5.98. The Kier molecular flexibility index (Phi) is 5.26. The van der Waals surface area contributed by atoms with E-state index in [4.69, 9.17) is 0 Å². The van der Waals surface area contributed by atoms with E-state index >= 15 is 0 Å². The summed E-state index contributed by atoms with van der Waals surface area (Å²) in [6, 6.07) is 5.55. The van der Waals surface area contributed by atoms with Gasteiger partial charge in [-0.2, -0.15) is 0 Å². The number of rotatable bonds is 6. The predicted octanol–water partition coefficient (Wildman–Crippen LogP) is 1.66. The van der Waals surface area contributed by atoms with Crippen LogP contribution in [0, 0.1) is 5.92 Å². The maximum Gasteiger partial charge on any atom is 0.250 e. The molecule has 0 bridgehead atoms. The number of pyridine rings is 1. The Morgan fingerprint density at radius 1 is 1.38 bits per heavy atom. The first-order chi connectivity index (χ1) is 7.65. The van der Waals surface area contributed by atoms with E-state index in [0.29, 0.717) is 5.92 Å². The summed E-state index contributed by atoms with van der Waals surface area (Å²) in [5.41, 5.74) is 1.27. The molecule has 0 atom stereocenters. The van der Waals surface area contributed by atoms with Crippen molar-refractivity contribution in [3.63, 3.8) is 0 Å². The molecular formula is C13H22N2O. The summed E-state index contributed by atoms with van der Waals surface area (Å²) in [6.07, 6.45) is 2.03. The minimum atomic E-state index is 0.121. The third-order valence-electron chi connectivity index (χ3n) is 2.55. The van der Waals surface area contributed by atoms with Crippen LogP contribution >= 0.6 is 0 Å². The van der Waals surface area contributed by atoms with Gasteiger partial charge in [-0.15, -0.1) is 0 Å². The van der Waals surface area contributed by atoms with Gasteiger partial charge in [0.15, 0.2) is 0 Å². The van der Waals surface area contributed by atoms with Crippen molar-refractivity contribution in [1.82, 2.24) is 9.88 Å². The van der Waals surface area contributed by atoms with Gasteiger partial charge in [-0.05, 0) is 38.4 Å². The lowest BCUT2D eigenvalue weighted by Crippen LogP contribution is -2.25. The van der Waals surface area contributed by atoms with E-state index in [0.717, 1.165) is 31.6 Å². The van der Waals surface area contributed by atoms with Gasteiger partial charge < -0.3 is 9.88 Å². The van der Waals surface area contributed by atoms with E-state index in [1.165, 1.54) is 0 Å². The monoisotopic (exact) mass is 222 g/mol. The summed E-state index contributed by atoms with van der Waals surface area (Å²) in [5, 5.41) is 3.13. The lowest BCUT2D eigenvalue weighted by atomic mass is 10.1. The predicted molar refractivity (Wildman–Crippen MR) is 67.8 cm³/mol. The number of aromatic nitrogens is 1. The molecule has 0 saturated carbocycles. The molecule has 1 rings (SSSR count). The highest BCUT2D eigenvalue weighted by molar-refractivity contribution is 5.07. The van der Waals surface area contributed by atoms with Crippen molar-refractivity contribution in [3.05, 3.63) is 34.2 Å². The number of aryl methyl sites for hydroxylation is 1. The van der Waals surface area contributed by atoms with Gasteiger partial charge >= 0.3 is 0 Å². The minimum Gasteiger partial charge on any atom is -0.320 e. The second kappa shape index (κ2) is 6.48. The molecular weight excluding hydrogens is 200 g/mol. The van der Waals surface area contributed by atoms with Crippen LogP contribution in [0.3, 0.4) is 0 Å². The van der Waals surface area contributed by atoms with Gasteiger partial charge in [0.1, 0.15) is 0 Å². The van der Waals surface area contributed by atoms with Gasteiger partial charge in [0.25, 0.3) is 5.56 Å². The molecule has 0 spiro atoms. The summed E-state index contributed by atoms with van der Waals surface area (Å²) in [4.78, 5) is 11.8. The highest BCUT2D eigenvalue weighted by atomic mass is 16.1. The zero-order valence-corrected chi connectivity index (χ0v) is 10.5. The second-order valence-electron chi connectivity index (χ2n) is 4.57. The summed E-state index contributed by atoms with van der Waals surface area (Å²) < 4.78 is 1.90. The number of hydrogen-bond acceptors (Lipinski definition) is 2. The lowest BCUT2D eigenvalue weighted by molar-refractivity contribution is 0.492. The third-order valence-corrected chi connectivity index (χ3v) is 2.55. The zero-order chi connectivity index (χ0) is 12.0. The van der Waals surface area contributed by atoms with E-state index in [1.54, 1.807) is 6.07 Å². The van der Waals surface area contributed by atoms with Crippen LogP contribution in [-0.4, -0.2) is 18.2 Å². The Hall–Kier alpha value is -1.09. The van der Waals surface area contributed by atoms with Crippen molar-refractivity contribution >= 4 is 0 Å². The molecule has 0 aliphatic heterocycles. The fraction of sp³-hybridized carbons (Fsp3) is 0.615. The van der Waals surface area contributed by atoms with Crippen molar-refractivity contribution in [2.75, 3.05) is 13.6 Å². The number of nitrogens with one attached hydrogen (secondary N) is 1. The second-order valence-corrected chi connectivity index (χ2v) is 4.57. The zero-order valence-electron chi connectivity index (χ0n) is 10.5. The standard InChI is InChI=1S/C13H22N2O/c1-11(2)10-15-12(7-5-9-14-3)6-4-8-13(15)16/h4,6,8,11,14H,5,7,9-10H2,1-3H3. The Balaban J connectivity index is 2.81. The van der Waals surface area contributed by atoms with Crippen LogP contribution in [0.25, 0.3) is 0 Å². The minimum absolute atomic E-state index is 0.121. The van der Waals surface area contributed by atoms with Crippen LogP contribution in [0.2, 0.25) is 0 Å². The highest BCUT2D eigenvalue weighted by Crippen LogP contribution is 2.04. The number of nitrogens with zero attached hydrogens (tertiary/aromatic N) is 1. The van der Waals surface area contributed by atoms with Crippen LogP contribution in [-0.2, 0) is 13.0 Å². The average molecular weight is 222 g/mol.